The quantitative estimate of drug-likeness (QED) is 0.718. The number of likely N-dealkylation sites (tertiary alicyclic amines) is 1. The Morgan fingerprint density at radius 1 is 1.33 bits per heavy atom. The first-order valence-corrected chi connectivity index (χ1v) is 8.95. The molecule has 1 amide bonds. The molecule has 1 saturated heterocycles. The Morgan fingerprint density at radius 2 is 2.07 bits per heavy atom. The van der Waals surface area contributed by atoms with Crippen LogP contribution in [-0.4, -0.2) is 52.3 Å². The number of piperidine rings is 1. The van der Waals surface area contributed by atoms with Crippen LogP contribution in [0.3, 0.4) is 0 Å². The van der Waals surface area contributed by atoms with Crippen LogP contribution in [0.4, 0.5) is 0 Å². The number of hydrogen-bond donors (Lipinski definition) is 1. The Labute approximate surface area is 186 Å². The van der Waals surface area contributed by atoms with Gasteiger partial charge in [-0.15, -0.1) is 6.54 Å². The molecule has 0 spiro atoms. The van der Waals surface area contributed by atoms with Crippen molar-refractivity contribution in [2.45, 2.75) is 31.5 Å². The van der Waals surface area contributed by atoms with Crippen LogP contribution >= 0.6 is 0 Å². The Balaban J connectivity index is 0.00000261. The van der Waals surface area contributed by atoms with Gasteiger partial charge in [0.15, 0.2) is 0 Å². The predicted molar refractivity (Wildman–Crippen MR) is 99.8 cm³/mol. The van der Waals surface area contributed by atoms with E-state index in [9.17, 15) is 10.1 Å². The van der Waals surface area contributed by atoms with Crippen molar-refractivity contribution in [2.24, 2.45) is 5.73 Å². The molecule has 27 heavy (non-hydrogen) atoms. The fraction of sp³-hybridized carbons (Fsp3) is 0.400. The van der Waals surface area contributed by atoms with Crippen molar-refractivity contribution in [3.05, 3.63) is 61.3 Å². The minimum absolute atomic E-state index is 0. The Hall–Kier alpha value is -1.42. The predicted octanol–water partition coefficient (Wildman–Crippen LogP) is 1.46. The van der Waals surface area contributed by atoms with E-state index >= 15 is 0 Å². The number of nitrogens with zero attached hydrogens (tertiary/aromatic N) is 4. The maximum atomic E-state index is 13.0. The van der Waals surface area contributed by atoms with Crippen molar-refractivity contribution >= 4 is 5.91 Å². The second kappa shape index (κ2) is 9.68. The summed E-state index contributed by atoms with van der Waals surface area (Å²) in [7, 11) is 0. The maximum absolute atomic E-state index is 13.0. The smallest absolute Gasteiger partial charge is 0.219 e. The summed E-state index contributed by atoms with van der Waals surface area (Å²) in [5.74, 6) is 0.736. The number of hydrogen-bond acceptors (Lipinski definition) is 5. The van der Waals surface area contributed by atoms with Crippen LogP contribution in [0.2, 0.25) is 0 Å². The van der Waals surface area contributed by atoms with E-state index in [0.717, 1.165) is 30.8 Å². The van der Waals surface area contributed by atoms with Crippen molar-refractivity contribution in [3.63, 3.8) is 0 Å². The molecule has 2 aliphatic rings. The van der Waals surface area contributed by atoms with E-state index in [1.54, 1.807) is 11.0 Å². The standard InChI is InChI=1S/C20H25N5O.Y/c1-3-23-14-19(24-10-6-9-18(22)13-24)25(20(26)15(23)2)12-17-8-5-4-7-16(17)11-21;/h4-5,7-8,14-15,18H,1-3,6,9-10,12-13,22H2;/q-2;/t15?,18-;/m1./s1. The van der Waals surface area contributed by atoms with Gasteiger partial charge in [-0.1, -0.05) is 18.2 Å². The average Bonchev–Trinajstić information content (AvgIpc) is 2.66. The summed E-state index contributed by atoms with van der Waals surface area (Å²) >= 11 is 0. The van der Waals surface area contributed by atoms with Crippen LogP contribution in [0, 0.1) is 25.2 Å². The molecule has 2 atom stereocenters. The minimum atomic E-state index is -0.524. The number of benzene rings is 1. The van der Waals surface area contributed by atoms with Crippen LogP contribution in [0.5, 0.6) is 0 Å². The van der Waals surface area contributed by atoms with Crippen molar-refractivity contribution in [1.29, 1.82) is 5.26 Å². The Morgan fingerprint density at radius 3 is 2.74 bits per heavy atom. The van der Waals surface area contributed by atoms with Crippen molar-refractivity contribution < 1.29 is 37.5 Å². The molecule has 2 heterocycles. The van der Waals surface area contributed by atoms with Crippen LogP contribution in [0.1, 0.15) is 24.0 Å². The van der Waals surface area contributed by atoms with E-state index in [1.165, 1.54) is 0 Å². The number of carbonyl (C=O) groups is 1. The topological polar surface area (TPSA) is 76.6 Å². The fourth-order valence-electron chi connectivity index (χ4n) is 3.53. The van der Waals surface area contributed by atoms with Crippen LogP contribution in [0.15, 0.2) is 36.3 Å². The molecule has 1 fully saturated rings. The third-order valence-corrected chi connectivity index (χ3v) is 5.02. The van der Waals surface area contributed by atoms with Gasteiger partial charge in [-0.2, -0.15) is 5.26 Å². The SMILES string of the molecule is [CH2-]CN1C=C(N2CCC[C@@H](N)C2)N(Cc2ccccc2C#N)C(=O)C1[CH2-].[Y]. The molecule has 1 aromatic rings. The van der Waals surface area contributed by atoms with E-state index < -0.39 is 6.04 Å². The van der Waals surface area contributed by atoms with Gasteiger partial charge in [-0.05, 0) is 30.5 Å². The molecule has 0 bridgehead atoms. The number of rotatable bonds is 4. The number of nitriles is 1. The molecule has 1 unspecified atom stereocenters. The molecular weight excluding hydrogens is 415 g/mol. The summed E-state index contributed by atoms with van der Waals surface area (Å²) in [5, 5.41) is 9.37. The molecular formula is C20H25N5OY-2. The summed E-state index contributed by atoms with van der Waals surface area (Å²) in [4.78, 5) is 18.8. The fourth-order valence-corrected chi connectivity index (χ4v) is 3.53. The minimum Gasteiger partial charge on any atom is -0.423 e. The van der Waals surface area contributed by atoms with Gasteiger partial charge in [0.2, 0.25) is 5.91 Å². The summed E-state index contributed by atoms with van der Waals surface area (Å²) in [6.45, 7) is 10.3. The number of amides is 1. The van der Waals surface area contributed by atoms with Gasteiger partial charge < -0.3 is 29.4 Å². The van der Waals surface area contributed by atoms with E-state index in [-0.39, 0.29) is 44.7 Å². The van der Waals surface area contributed by atoms with Crippen molar-refractivity contribution in [1.82, 2.24) is 14.7 Å². The second-order valence-electron chi connectivity index (χ2n) is 6.78. The van der Waals surface area contributed by atoms with Gasteiger partial charge in [0, 0.05) is 58.0 Å². The van der Waals surface area contributed by atoms with Gasteiger partial charge in [-0.25, -0.2) is 0 Å². The first-order chi connectivity index (χ1) is 12.5. The molecule has 2 aliphatic heterocycles. The van der Waals surface area contributed by atoms with Gasteiger partial charge in [0.25, 0.3) is 0 Å². The van der Waals surface area contributed by atoms with E-state index in [4.69, 9.17) is 5.73 Å². The van der Waals surface area contributed by atoms with Gasteiger partial charge in [0.05, 0.1) is 18.2 Å². The maximum Gasteiger partial charge on any atom is 0.219 e. The van der Waals surface area contributed by atoms with E-state index in [2.05, 4.69) is 24.8 Å². The molecule has 0 saturated carbocycles. The first kappa shape index (κ1) is 21.9. The zero-order valence-corrected chi connectivity index (χ0v) is 18.4. The summed E-state index contributed by atoms with van der Waals surface area (Å²) in [6.07, 6.45) is 3.94. The molecule has 1 radical (unpaired) electrons. The molecule has 7 heteroatoms. The number of nitrogens with two attached hydrogens (primary N) is 1. The number of carbonyl (C=O) groups excluding carboxylic acids is 1. The molecule has 0 aliphatic carbocycles. The monoisotopic (exact) mass is 440 g/mol. The van der Waals surface area contributed by atoms with E-state index in [1.807, 2.05) is 29.3 Å². The summed E-state index contributed by atoms with van der Waals surface area (Å²) in [5.41, 5.74) is 7.55. The normalized spacial score (nSPS) is 22.8. The van der Waals surface area contributed by atoms with Crippen LogP contribution in [-0.2, 0) is 44.0 Å². The first-order valence-electron chi connectivity index (χ1n) is 8.95. The van der Waals surface area contributed by atoms with Gasteiger partial charge in [-0.3, -0.25) is 9.69 Å². The third kappa shape index (κ3) is 4.71. The van der Waals surface area contributed by atoms with Crippen molar-refractivity contribution in [2.75, 3.05) is 19.6 Å². The second-order valence-corrected chi connectivity index (χ2v) is 6.78. The van der Waals surface area contributed by atoms with Gasteiger partial charge in [0.1, 0.15) is 5.82 Å². The molecule has 141 valence electrons. The van der Waals surface area contributed by atoms with Crippen LogP contribution < -0.4 is 5.73 Å². The summed E-state index contributed by atoms with van der Waals surface area (Å²) < 4.78 is 0. The molecule has 1 aromatic carbocycles. The zero-order chi connectivity index (χ0) is 18.7. The molecule has 2 N–H and O–H groups in total. The largest absolute Gasteiger partial charge is 0.423 e. The van der Waals surface area contributed by atoms with Gasteiger partial charge >= 0.3 is 0 Å². The van der Waals surface area contributed by atoms with Crippen LogP contribution in [0.25, 0.3) is 0 Å². The molecule has 0 aromatic heterocycles. The third-order valence-electron chi connectivity index (χ3n) is 5.02. The zero-order valence-electron chi connectivity index (χ0n) is 15.6. The molecule has 3 rings (SSSR count). The average molecular weight is 440 g/mol. The Kier molecular flexibility index (Phi) is 7.84. The van der Waals surface area contributed by atoms with E-state index in [0.29, 0.717) is 25.2 Å². The Bertz CT molecular complexity index is 744. The molecule has 6 nitrogen and oxygen atoms in total. The summed E-state index contributed by atoms with van der Waals surface area (Å²) in [6, 6.07) is 9.15. The van der Waals surface area contributed by atoms with Crippen molar-refractivity contribution in [3.8, 4) is 6.07 Å².